The summed E-state index contributed by atoms with van der Waals surface area (Å²) in [5.41, 5.74) is 2.04. The van der Waals surface area contributed by atoms with Crippen molar-refractivity contribution in [1.82, 2.24) is 4.90 Å². The van der Waals surface area contributed by atoms with Gasteiger partial charge in [0.05, 0.1) is 10.6 Å². The van der Waals surface area contributed by atoms with Crippen molar-refractivity contribution in [3.05, 3.63) is 81.4 Å². The Morgan fingerprint density at radius 2 is 1.78 bits per heavy atom. The van der Waals surface area contributed by atoms with Crippen LogP contribution in [0.4, 0.5) is 0 Å². The van der Waals surface area contributed by atoms with Crippen LogP contribution in [0.3, 0.4) is 0 Å². The number of amides is 1. The van der Waals surface area contributed by atoms with Crippen molar-refractivity contribution < 1.29 is 14.7 Å². The largest absolute Gasteiger partial charge is 0.480 e. The van der Waals surface area contributed by atoms with E-state index in [2.05, 4.69) is 0 Å². The second-order valence-electron chi connectivity index (χ2n) is 6.41. The number of aliphatic carboxylic acids is 1. The molecule has 0 unspecified atom stereocenters. The van der Waals surface area contributed by atoms with Crippen molar-refractivity contribution in [2.75, 3.05) is 6.54 Å². The maximum Gasteiger partial charge on any atom is 0.326 e. The van der Waals surface area contributed by atoms with E-state index in [0.717, 1.165) is 11.1 Å². The van der Waals surface area contributed by atoms with E-state index in [1.165, 1.54) is 17.0 Å². The van der Waals surface area contributed by atoms with Crippen LogP contribution in [0.25, 0.3) is 0 Å². The smallest absolute Gasteiger partial charge is 0.326 e. The van der Waals surface area contributed by atoms with Crippen LogP contribution in [0.5, 0.6) is 0 Å². The number of halogens is 2. The van der Waals surface area contributed by atoms with E-state index in [4.69, 9.17) is 23.2 Å². The van der Waals surface area contributed by atoms with Gasteiger partial charge in [0.15, 0.2) is 0 Å². The number of carboxylic acid groups (broad SMARTS) is 1. The second-order valence-corrected chi connectivity index (χ2v) is 7.25. The average molecular weight is 406 g/mol. The van der Waals surface area contributed by atoms with Crippen LogP contribution < -0.4 is 0 Å². The Bertz CT molecular complexity index is 846. The molecule has 4 nitrogen and oxygen atoms in total. The van der Waals surface area contributed by atoms with E-state index in [-0.39, 0.29) is 23.6 Å². The molecule has 0 fully saturated rings. The van der Waals surface area contributed by atoms with Gasteiger partial charge in [-0.1, -0.05) is 65.2 Å². The lowest BCUT2D eigenvalue weighted by molar-refractivity contribution is -0.142. The standard InChI is InChI=1S/C21H21Cl2NO3/c1-14(2)10-11-24(20(25)17-9-8-16(22)13-18(17)23)19(21(26)27)12-15-6-4-3-5-7-15/h3-10,13,19H,11-12H2,1-2H3,(H,26,27)/t19-/m0/s1. The Kier molecular flexibility index (Phi) is 7.45. The minimum absolute atomic E-state index is 0.171. The molecule has 2 aromatic carbocycles. The lowest BCUT2D eigenvalue weighted by Gasteiger charge is -2.29. The summed E-state index contributed by atoms with van der Waals surface area (Å²) in [5.74, 6) is -1.52. The third-order valence-corrected chi connectivity index (χ3v) is 4.60. The van der Waals surface area contributed by atoms with Gasteiger partial charge in [-0.25, -0.2) is 4.79 Å². The number of carbonyl (C=O) groups is 2. The molecule has 27 heavy (non-hydrogen) atoms. The van der Waals surface area contributed by atoms with Crippen molar-refractivity contribution >= 4 is 35.1 Å². The molecule has 0 heterocycles. The predicted octanol–water partition coefficient (Wildman–Crippen LogP) is 5.10. The molecule has 6 heteroatoms. The lowest BCUT2D eigenvalue weighted by Crippen LogP contribution is -2.46. The molecule has 1 atom stereocenters. The summed E-state index contributed by atoms with van der Waals surface area (Å²) in [5, 5.41) is 10.4. The van der Waals surface area contributed by atoms with Crippen molar-refractivity contribution in [2.24, 2.45) is 0 Å². The molecule has 0 saturated carbocycles. The summed E-state index contributed by atoms with van der Waals surface area (Å²) in [6, 6.07) is 12.8. The molecule has 2 aromatic rings. The first kappa shape index (κ1) is 21.0. The number of hydrogen-bond acceptors (Lipinski definition) is 2. The Labute approximate surface area is 169 Å². The van der Waals surface area contributed by atoms with Crippen molar-refractivity contribution in [3.63, 3.8) is 0 Å². The van der Waals surface area contributed by atoms with Gasteiger partial charge >= 0.3 is 5.97 Å². The molecule has 1 amide bonds. The van der Waals surface area contributed by atoms with Gasteiger partial charge in [0.2, 0.25) is 0 Å². The van der Waals surface area contributed by atoms with E-state index < -0.39 is 17.9 Å². The molecule has 1 N–H and O–H groups in total. The fourth-order valence-electron chi connectivity index (χ4n) is 2.62. The van der Waals surface area contributed by atoms with Crippen molar-refractivity contribution in [3.8, 4) is 0 Å². The molecule has 0 spiro atoms. The normalized spacial score (nSPS) is 11.6. The highest BCUT2D eigenvalue weighted by Crippen LogP contribution is 2.24. The van der Waals surface area contributed by atoms with Crippen LogP contribution in [-0.2, 0) is 11.2 Å². The van der Waals surface area contributed by atoms with Gasteiger partial charge < -0.3 is 10.0 Å². The van der Waals surface area contributed by atoms with E-state index >= 15 is 0 Å². The molecule has 2 rings (SSSR count). The Balaban J connectivity index is 2.42. The second kappa shape index (κ2) is 9.58. The van der Waals surface area contributed by atoms with Crippen LogP contribution >= 0.6 is 23.2 Å². The summed E-state index contributed by atoms with van der Waals surface area (Å²) < 4.78 is 0. The van der Waals surface area contributed by atoms with Gasteiger partial charge in [0, 0.05) is 18.0 Å². The van der Waals surface area contributed by atoms with E-state index in [0.29, 0.717) is 5.02 Å². The van der Waals surface area contributed by atoms with Crippen molar-refractivity contribution in [1.29, 1.82) is 0 Å². The number of nitrogens with zero attached hydrogens (tertiary/aromatic N) is 1. The first-order valence-corrected chi connectivity index (χ1v) is 9.21. The van der Waals surface area contributed by atoms with E-state index in [1.54, 1.807) is 6.07 Å². The Morgan fingerprint density at radius 3 is 2.33 bits per heavy atom. The molecule has 142 valence electrons. The zero-order chi connectivity index (χ0) is 20.0. The zero-order valence-electron chi connectivity index (χ0n) is 15.2. The maximum absolute atomic E-state index is 13.1. The highest BCUT2D eigenvalue weighted by Gasteiger charge is 2.31. The van der Waals surface area contributed by atoms with Gasteiger partial charge in [-0.05, 0) is 37.6 Å². The van der Waals surface area contributed by atoms with Crippen LogP contribution in [0.15, 0.2) is 60.2 Å². The molecule has 0 aliphatic heterocycles. The van der Waals surface area contributed by atoms with Crippen LogP contribution in [-0.4, -0.2) is 34.5 Å². The summed E-state index contributed by atoms with van der Waals surface area (Å²) in [7, 11) is 0. The first-order chi connectivity index (χ1) is 12.8. The van der Waals surface area contributed by atoms with Crippen LogP contribution in [0.2, 0.25) is 10.0 Å². The number of allylic oxidation sites excluding steroid dienone is 1. The first-order valence-electron chi connectivity index (χ1n) is 8.45. The number of carboxylic acids is 1. The minimum Gasteiger partial charge on any atom is -0.480 e. The van der Waals surface area contributed by atoms with E-state index in [9.17, 15) is 14.7 Å². The summed E-state index contributed by atoms with van der Waals surface area (Å²) in [6.45, 7) is 3.96. The molecular weight excluding hydrogens is 385 g/mol. The van der Waals surface area contributed by atoms with E-state index in [1.807, 2.05) is 50.3 Å². The van der Waals surface area contributed by atoms with Gasteiger partial charge in [0.1, 0.15) is 6.04 Å². The minimum atomic E-state index is -1.07. The average Bonchev–Trinajstić information content (AvgIpc) is 2.61. The number of hydrogen-bond donors (Lipinski definition) is 1. The fourth-order valence-corrected chi connectivity index (χ4v) is 3.11. The molecule has 0 saturated heterocycles. The van der Waals surface area contributed by atoms with Crippen molar-refractivity contribution in [2.45, 2.75) is 26.3 Å². The number of carbonyl (C=O) groups excluding carboxylic acids is 1. The third kappa shape index (κ3) is 5.84. The van der Waals surface area contributed by atoms with Gasteiger partial charge in [-0.2, -0.15) is 0 Å². The Morgan fingerprint density at radius 1 is 1.11 bits per heavy atom. The molecule has 0 aromatic heterocycles. The fraction of sp³-hybridized carbons (Fsp3) is 0.238. The third-order valence-electron chi connectivity index (χ3n) is 4.05. The highest BCUT2D eigenvalue weighted by atomic mass is 35.5. The molecular formula is C21H21Cl2NO3. The van der Waals surface area contributed by atoms with Gasteiger partial charge in [0.25, 0.3) is 5.91 Å². The monoisotopic (exact) mass is 405 g/mol. The molecule has 0 aliphatic carbocycles. The quantitative estimate of drug-likeness (QED) is 0.651. The summed E-state index contributed by atoms with van der Waals surface area (Å²) >= 11 is 12.1. The lowest BCUT2D eigenvalue weighted by atomic mass is 10.0. The van der Waals surface area contributed by atoms with Crippen LogP contribution in [0.1, 0.15) is 29.8 Å². The van der Waals surface area contributed by atoms with Gasteiger partial charge in [-0.15, -0.1) is 0 Å². The highest BCUT2D eigenvalue weighted by molar-refractivity contribution is 6.36. The summed E-state index contributed by atoms with van der Waals surface area (Å²) in [6.07, 6.45) is 2.02. The van der Waals surface area contributed by atoms with Crippen LogP contribution in [0, 0.1) is 0 Å². The summed E-state index contributed by atoms with van der Waals surface area (Å²) in [4.78, 5) is 26.5. The zero-order valence-corrected chi connectivity index (χ0v) is 16.7. The molecule has 0 bridgehead atoms. The Hall–Kier alpha value is -2.30. The predicted molar refractivity (Wildman–Crippen MR) is 108 cm³/mol. The number of benzene rings is 2. The van der Waals surface area contributed by atoms with Gasteiger partial charge in [-0.3, -0.25) is 4.79 Å². The molecule has 0 aliphatic rings. The topological polar surface area (TPSA) is 57.6 Å². The number of rotatable bonds is 7. The SMILES string of the molecule is CC(C)=CCN(C(=O)c1ccc(Cl)cc1Cl)[C@@H](Cc1ccccc1)C(=O)O. The molecule has 0 radical (unpaired) electrons. The maximum atomic E-state index is 13.1.